The van der Waals surface area contributed by atoms with E-state index in [4.69, 9.17) is 5.11 Å². The third-order valence-corrected chi connectivity index (χ3v) is 3.61. The molecule has 1 amide bonds. The highest BCUT2D eigenvalue weighted by atomic mass is 19.1. The highest BCUT2D eigenvalue weighted by Gasteiger charge is 2.11. The van der Waals surface area contributed by atoms with E-state index < -0.39 is 17.7 Å². The number of aromatic nitrogens is 3. The number of rotatable bonds is 6. The Kier molecular flexibility index (Phi) is 5.02. The average Bonchev–Trinajstić information content (AvgIpc) is 3.11. The maximum absolute atomic E-state index is 13.9. The minimum atomic E-state index is -1.12. The molecule has 0 atom stereocenters. The molecule has 0 aliphatic heterocycles. The predicted molar refractivity (Wildman–Crippen MR) is 91.2 cm³/mol. The molecule has 0 unspecified atom stereocenters. The molecule has 26 heavy (non-hydrogen) atoms. The molecule has 0 spiro atoms. The molecule has 0 fully saturated rings. The zero-order chi connectivity index (χ0) is 18.5. The van der Waals surface area contributed by atoms with Crippen molar-refractivity contribution in [3.8, 4) is 11.3 Å². The topological polar surface area (TPSA) is 97.1 Å². The Morgan fingerprint density at radius 1 is 1.19 bits per heavy atom. The first-order chi connectivity index (χ1) is 12.5. The number of carbonyl (C=O) groups is 2. The number of hydrogen-bond acceptors (Lipinski definition) is 4. The van der Waals surface area contributed by atoms with Crippen molar-refractivity contribution >= 4 is 11.9 Å². The van der Waals surface area contributed by atoms with E-state index in [9.17, 15) is 14.0 Å². The molecule has 8 heteroatoms. The second-order valence-corrected chi connectivity index (χ2v) is 5.47. The molecule has 0 aliphatic carbocycles. The molecule has 7 nitrogen and oxygen atoms in total. The van der Waals surface area contributed by atoms with Crippen LogP contribution in [0.4, 0.5) is 4.39 Å². The molecule has 3 aromatic rings. The lowest BCUT2D eigenvalue weighted by Crippen LogP contribution is -2.27. The first-order valence-corrected chi connectivity index (χ1v) is 7.80. The molecular weight excluding hydrogens is 339 g/mol. The van der Waals surface area contributed by atoms with Crippen LogP contribution in [0.1, 0.15) is 20.8 Å². The Balaban J connectivity index is 1.66. The van der Waals surface area contributed by atoms with Crippen molar-refractivity contribution in [2.75, 3.05) is 6.54 Å². The second-order valence-electron chi connectivity index (χ2n) is 5.47. The summed E-state index contributed by atoms with van der Waals surface area (Å²) in [6.07, 6.45) is 3.10. The van der Waals surface area contributed by atoms with Crippen molar-refractivity contribution in [2.45, 2.75) is 6.54 Å². The number of aromatic carboxylic acids is 1. The molecule has 1 aromatic carbocycles. The van der Waals surface area contributed by atoms with Crippen molar-refractivity contribution in [1.29, 1.82) is 0 Å². The Bertz CT molecular complexity index is 941. The summed E-state index contributed by atoms with van der Waals surface area (Å²) in [5, 5.41) is 15.3. The lowest BCUT2D eigenvalue weighted by molar-refractivity contribution is 0.0689. The number of benzene rings is 1. The van der Waals surface area contributed by atoms with E-state index in [-0.39, 0.29) is 17.8 Å². The maximum Gasteiger partial charge on any atom is 0.356 e. The fourth-order valence-corrected chi connectivity index (χ4v) is 2.39. The molecule has 0 saturated carbocycles. The number of amides is 1. The van der Waals surface area contributed by atoms with E-state index in [1.54, 1.807) is 30.5 Å². The van der Waals surface area contributed by atoms with Crippen molar-refractivity contribution in [1.82, 2.24) is 20.1 Å². The van der Waals surface area contributed by atoms with Crippen molar-refractivity contribution in [3.63, 3.8) is 0 Å². The van der Waals surface area contributed by atoms with Crippen molar-refractivity contribution < 1.29 is 19.1 Å². The van der Waals surface area contributed by atoms with Gasteiger partial charge in [-0.05, 0) is 36.4 Å². The summed E-state index contributed by atoms with van der Waals surface area (Å²) in [5.74, 6) is -2.08. The lowest BCUT2D eigenvalue weighted by Gasteiger charge is -2.08. The fraction of sp³-hybridized carbons (Fsp3) is 0.111. The minimum Gasteiger partial charge on any atom is -0.476 e. The maximum atomic E-state index is 13.9. The largest absolute Gasteiger partial charge is 0.476 e. The molecule has 2 N–H and O–H groups in total. The van der Waals surface area contributed by atoms with Crippen LogP contribution in [0.3, 0.4) is 0 Å². The Labute approximate surface area is 148 Å². The standard InChI is InChI=1S/C18H15FN4O3/c19-14-10-12(15-3-1-2-5-20-15)9-13(11-14)17(24)21-6-8-23-7-4-16(22-23)18(25)26/h1-5,7,9-11H,6,8H2,(H,21,24)(H,25,26). The second kappa shape index (κ2) is 7.56. The zero-order valence-corrected chi connectivity index (χ0v) is 13.6. The number of nitrogens with zero attached hydrogens (tertiary/aromatic N) is 3. The van der Waals surface area contributed by atoms with Gasteiger partial charge in [-0.2, -0.15) is 5.10 Å². The number of carbonyl (C=O) groups excluding carboxylic acids is 1. The molecule has 132 valence electrons. The molecule has 0 aliphatic rings. The molecule has 0 saturated heterocycles. The van der Waals surface area contributed by atoms with Crippen molar-refractivity contribution in [3.05, 3.63) is 71.9 Å². The summed E-state index contributed by atoms with van der Waals surface area (Å²) in [5.41, 5.74) is 1.19. The van der Waals surface area contributed by atoms with Crippen LogP contribution in [0.2, 0.25) is 0 Å². The van der Waals surface area contributed by atoms with Crippen LogP contribution in [0.15, 0.2) is 54.9 Å². The number of halogens is 1. The van der Waals surface area contributed by atoms with Crippen LogP contribution in [0, 0.1) is 5.82 Å². The number of carboxylic acids is 1. The van der Waals surface area contributed by atoms with E-state index >= 15 is 0 Å². The lowest BCUT2D eigenvalue weighted by atomic mass is 10.1. The summed E-state index contributed by atoms with van der Waals surface area (Å²) in [4.78, 5) is 27.2. The van der Waals surface area contributed by atoms with Crippen molar-refractivity contribution in [2.24, 2.45) is 0 Å². The van der Waals surface area contributed by atoms with Gasteiger partial charge in [-0.25, -0.2) is 9.18 Å². The molecule has 0 radical (unpaired) electrons. The van der Waals surface area contributed by atoms with Crippen LogP contribution in [0.25, 0.3) is 11.3 Å². The Hall–Kier alpha value is -3.55. The van der Waals surface area contributed by atoms with Crippen LogP contribution in [0.5, 0.6) is 0 Å². The fourth-order valence-electron chi connectivity index (χ4n) is 2.39. The van der Waals surface area contributed by atoms with Gasteiger partial charge in [0.15, 0.2) is 5.69 Å². The van der Waals surface area contributed by atoms with Gasteiger partial charge in [0.25, 0.3) is 5.91 Å². The van der Waals surface area contributed by atoms with Gasteiger partial charge in [-0.3, -0.25) is 14.5 Å². The van der Waals surface area contributed by atoms with E-state index in [1.165, 1.54) is 23.0 Å². The minimum absolute atomic E-state index is 0.0681. The van der Waals surface area contributed by atoms with Gasteiger partial charge in [0, 0.05) is 30.1 Å². The number of nitrogens with one attached hydrogen (secondary N) is 1. The number of hydrogen-bond donors (Lipinski definition) is 2. The summed E-state index contributed by atoms with van der Waals surface area (Å²) in [7, 11) is 0. The monoisotopic (exact) mass is 354 g/mol. The molecular formula is C18H15FN4O3. The first-order valence-electron chi connectivity index (χ1n) is 7.80. The van der Waals surface area contributed by atoms with E-state index in [0.29, 0.717) is 17.8 Å². The van der Waals surface area contributed by atoms with Gasteiger partial charge < -0.3 is 10.4 Å². The normalized spacial score (nSPS) is 10.5. The van der Waals surface area contributed by atoms with Crippen LogP contribution in [-0.2, 0) is 6.54 Å². The average molecular weight is 354 g/mol. The van der Waals surface area contributed by atoms with Crippen LogP contribution < -0.4 is 5.32 Å². The van der Waals surface area contributed by atoms with Gasteiger partial charge in [-0.15, -0.1) is 0 Å². The van der Waals surface area contributed by atoms with Crippen LogP contribution in [-0.4, -0.2) is 38.3 Å². The van der Waals surface area contributed by atoms with Gasteiger partial charge in [0.05, 0.1) is 12.2 Å². The zero-order valence-electron chi connectivity index (χ0n) is 13.6. The highest BCUT2D eigenvalue weighted by Crippen LogP contribution is 2.19. The Morgan fingerprint density at radius 2 is 2.04 bits per heavy atom. The van der Waals surface area contributed by atoms with Gasteiger partial charge in [-0.1, -0.05) is 6.07 Å². The predicted octanol–water partition coefficient (Wildman–Crippen LogP) is 2.21. The quantitative estimate of drug-likeness (QED) is 0.707. The van der Waals surface area contributed by atoms with Gasteiger partial charge in [0.2, 0.25) is 0 Å². The third kappa shape index (κ3) is 4.10. The van der Waals surface area contributed by atoms with E-state index in [1.807, 2.05) is 0 Å². The highest BCUT2D eigenvalue weighted by molar-refractivity contribution is 5.95. The summed E-state index contributed by atoms with van der Waals surface area (Å²) in [6.45, 7) is 0.510. The van der Waals surface area contributed by atoms with Gasteiger partial charge >= 0.3 is 5.97 Å². The first kappa shape index (κ1) is 17.3. The molecule has 0 bridgehead atoms. The molecule has 3 rings (SSSR count). The Morgan fingerprint density at radius 3 is 2.73 bits per heavy atom. The summed E-state index contributed by atoms with van der Waals surface area (Å²) >= 11 is 0. The SMILES string of the molecule is O=C(NCCn1ccc(C(=O)O)n1)c1cc(F)cc(-c2ccccn2)c1. The molecule has 2 heterocycles. The summed E-state index contributed by atoms with van der Waals surface area (Å²) < 4.78 is 15.3. The van der Waals surface area contributed by atoms with E-state index in [0.717, 1.165) is 6.07 Å². The molecule has 2 aromatic heterocycles. The third-order valence-electron chi connectivity index (χ3n) is 3.61. The van der Waals surface area contributed by atoms with E-state index in [2.05, 4.69) is 15.4 Å². The van der Waals surface area contributed by atoms with Gasteiger partial charge in [0.1, 0.15) is 5.82 Å². The summed E-state index contributed by atoms with van der Waals surface area (Å²) in [6, 6.07) is 10.7. The number of carboxylic acid groups (broad SMARTS) is 1. The number of pyridine rings is 1. The van der Waals surface area contributed by atoms with Crippen LogP contribution >= 0.6 is 0 Å². The smallest absolute Gasteiger partial charge is 0.356 e.